The molecule has 0 saturated carbocycles. The minimum absolute atomic E-state index is 0.550. The van der Waals surface area contributed by atoms with Crippen LogP contribution in [-0.2, 0) is 7.05 Å². The van der Waals surface area contributed by atoms with Gasteiger partial charge in [-0.25, -0.2) is 4.68 Å². The fraction of sp³-hybridized carbons (Fsp3) is 0.133. The normalized spacial score (nSPS) is 10.8. The average molecular weight is 345 g/mol. The Morgan fingerprint density at radius 1 is 1.14 bits per heavy atom. The molecule has 21 heavy (non-hydrogen) atoms. The monoisotopic (exact) mass is 344 g/mol. The molecule has 0 fully saturated rings. The topological polar surface area (TPSA) is 52.7 Å². The minimum Gasteiger partial charge on any atom is -0.298 e. The fourth-order valence-electron chi connectivity index (χ4n) is 2.24. The summed E-state index contributed by atoms with van der Waals surface area (Å²) >= 11 is 3.40. The van der Waals surface area contributed by atoms with Gasteiger partial charge in [0.15, 0.2) is 6.29 Å². The first-order valence-electron chi connectivity index (χ1n) is 6.40. The van der Waals surface area contributed by atoms with Crippen molar-refractivity contribution >= 4 is 22.2 Å². The number of carbonyl (C=O) groups is 1. The molecule has 5 nitrogen and oxygen atoms in total. The summed E-state index contributed by atoms with van der Waals surface area (Å²) in [6, 6.07) is 7.75. The summed E-state index contributed by atoms with van der Waals surface area (Å²) < 4.78 is 4.42. The number of carbonyl (C=O) groups excluding carboxylic acids is 1. The van der Waals surface area contributed by atoms with Crippen LogP contribution in [0.5, 0.6) is 0 Å². The second-order valence-electron chi connectivity index (χ2n) is 4.77. The second kappa shape index (κ2) is 5.29. The number of aryl methyl sites for hydroxylation is 2. The van der Waals surface area contributed by atoms with Gasteiger partial charge in [-0.1, -0.05) is 15.9 Å². The van der Waals surface area contributed by atoms with Crippen molar-refractivity contribution in [2.45, 2.75) is 6.92 Å². The van der Waals surface area contributed by atoms with Gasteiger partial charge in [0.1, 0.15) is 5.69 Å². The molecule has 1 aromatic carbocycles. The van der Waals surface area contributed by atoms with Crippen LogP contribution in [0.1, 0.15) is 16.1 Å². The fourth-order valence-corrected chi connectivity index (χ4v) is 2.51. The molecule has 0 bridgehead atoms. The third kappa shape index (κ3) is 2.54. The highest BCUT2D eigenvalue weighted by molar-refractivity contribution is 9.10. The van der Waals surface area contributed by atoms with Gasteiger partial charge in [-0.2, -0.15) is 10.2 Å². The Kier molecular flexibility index (Phi) is 3.47. The Labute approximate surface area is 130 Å². The second-order valence-corrected chi connectivity index (χ2v) is 5.69. The number of hydrogen-bond acceptors (Lipinski definition) is 3. The van der Waals surface area contributed by atoms with Gasteiger partial charge in [0.05, 0.1) is 16.9 Å². The van der Waals surface area contributed by atoms with Crippen molar-refractivity contribution in [3.8, 4) is 16.9 Å². The molecule has 0 radical (unpaired) electrons. The zero-order valence-corrected chi connectivity index (χ0v) is 13.2. The first-order valence-corrected chi connectivity index (χ1v) is 7.19. The largest absolute Gasteiger partial charge is 0.298 e. The van der Waals surface area contributed by atoms with E-state index in [2.05, 4.69) is 26.1 Å². The lowest BCUT2D eigenvalue weighted by molar-refractivity contribution is 0.112. The maximum Gasteiger partial charge on any atom is 0.153 e. The maximum absolute atomic E-state index is 11.3. The van der Waals surface area contributed by atoms with E-state index < -0.39 is 0 Å². The molecule has 0 aliphatic heterocycles. The number of aldehydes is 1. The first kappa shape index (κ1) is 13.8. The van der Waals surface area contributed by atoms with Gasteiger partial charge >= 0.3 is 0 Å². The lowest BCUT2D eigenvalue weighted by Crippen LogP contribution is -1.94. The van der Waals surface area contributed by atoms with E-state index in [4.69, 9.17) is 0 Å². The predicted molar refractivity (Wildman–Crippen MR) is 83.6 cm³/mol. The van der Waals surface area contributed by atoms with Crippen molar-refractivity contribution in [3.63, 3.8) is 0 Å². The Bertz CT molecular complexity index is 802. The van der Waals surface area contributed by atoms with E-state index in [1.807, 2.05) is 44.4 Å². The van der Waals surface area contributed by atoms with Crippen LogP contribution in [-0.4, -0.2) is 25.8 Å². The number of hydrogen-bond donors (Lipinski definition) is 0. The van der Waals surface area contributed by atoms with E-state index in [1.165, 1.54) is 0 Å². The molecule has 106 valence electrons. The summed E-state index contributed by atoms with van der Waals surface area (Å²) in [5.41, 5.74) is 3.82. The lowest BCUT2D eigenvalue weighted by atomic mass is 10.1. The molecule has 3 aromatic rings. The van der Waals surface area contributed by atoms with Gasteiger partial charge < -0.3 is 0 Å². The van der Waals surface area contributed by atoms with E-state index in [0.717, 1.165) is 27.7 Å². The van der Waals surface area contributed by atoms with Crippen molar-refractivity contribution in [2.75, 3.05) is 0 Å². The zero-order chi connectivity index (χ0) is 15.0. The number of halogens is 1. The minimum atomic E-state index is 0.550. The van der Waals surface area contributed by atoms with Crippen LogP contribution in [0.15, 0.2) is 41.1 Å². The Balaban J connectivity index is 2.12. The van der Waals surface area contributed by atoms with Crippen molar-refractivity contribution in [2.24, 2.45) is 7.05 Å². The molecule has 0 aliphatic carbocycles. The summed E-state index contributed by atoms with van der Waals surface area (Å²) in [6.07, 6.45) is 4.43. The molecule has 0 aliphatic rings. The Morgan fingerprint density at radius 3 is 2.43 bits per heavy atom. The summed E-state index contributed by atoms with van der Waals surface area (Å²) in [7, 11) is 1.85. The molecule has 2 heterocycles. The summed E-state index contributed by atoms with van der Waals surface area (Å²) in [4.78, 5) is 11.3. The average Bonchev–Trinajstić information content (AvgIpc) is 3.02. The van der Waals surface area contributed by atoms with Crippen LogP contribution in [0.4, 0.5) is 0 Å². The number of aromatic nitrogens is 4. The summed E-state index contributed by atoms with van der Waals surface area (Å²) in [5.74, 6) is 0. The van der Waals surface area contributed by atoms with Crippen LogP contribution in [0.3, 0.4) is 0 Å². The molecule has 3 rings (SSSR count). The molecule has 2 aromatic heterocycles. The SMILES string of the molecule is Cc1nn(C)cc1-c1nn(-c2ccc(Br)cc2)cc1C=O. The molecule has 0 saturated heterocycles. The lowest BCUT2D eigenvalue weighted by Gasteiger charge is -2.00. The third-order valence-corrected chi connectivity index (χ3v) is 3.76. The zero-order valence-electron chi connectivity index (χ0n) is 11.6. The summed E-state index contributed by atoms with van der Waals surface area (Å²) in [5, 5.41) is 8.84. The van der Waals surface area contributed by atoms with E-state index in [-0.39, 0.29) is 0 Å². The molecule has 0 atom stereocenters. The predicted octanol–water partition coefficient (Wildman–Crippen LogP) is 3.16. The van der Waals surface area contributed by atoms with E-state index in [1.54, 1.807) is 15.6 Å². The van der Waals surface area contributed by atoms with E-state index in [9.17, 15) is 4.79 Å². The van der Waals surface area contributed by atoms with E-state index >= 15 is 0 Å². The van der Waals surface area contributed by atoms with Crippen LogP contribution < -0.4 is 0 Å². The van der Waals surface area contributed by atoms with E-state index in [0.29, 0.717) is 11.3 Å². The van der Waals surface area contributed by atoms with Crippen LogP contribution in [0.2, 0.25) is 0 Å². The Hall–Kier alpha value is -2.21. The van der Waals surface area contributed by atoms with Crippen LogP contribution >= 0.6 is 15.9 Å². The number of rotatable bonds is 3. The van der Waals surface area contributed by atoms with Gasteiger partial charge in [-0.15, -0.1) is 0 Å². The van der Waals surface area contributed by atoms with Gasteiger partial charge in [0, 0.05) is 29.5 Å². The van der Waals surface area contributed by atoms with Gasteiger partial charge in [-0.05, 0) is 31.2 Å². The molecular weight excluding hydrogens is 332 g/mol. The van der Waals surface area contributed by atoms with Gasteiger partial charge in [-0.3, -0.25) is 9.48 Å². The molecule has 0 unspecified atom stereocenters. The third-order valence-electron chi connectivity index (χ3n) is 3.23. The van der Waals surface area contributed by atoms with Gasteiger partial charge in [0.2, 0.25) is 0 Å². The highest BCUT2D eigenvalue weighted by Crippen LogP contribution is 2.25. The van der Waals surface area contributed by atoms with Crippen molar-refractivity contribution in [1.82, 2.24) is 19.6 Å². The van der Waals surface area contributed by atoms with Crippen LogP contribution in [0.25, 0.3) is 16.9 Å². The molecular formula is C15H13BrN4O. The van der Waals surface area contributed by atoms with Crippen LogP contribution in [0, 0.1) is 6.92 Å². The smallest absolute Gasteiger partial charge is 0.153 e. The molecule has 0 amide bonds. The highest BCUT2D eigenvalue weighted by atomic mass is 79.9. The van der Waals surface area contributed by atoms with Crippen molar-refractivity contribution < 1.29 is 4.79 Å². The summed E-state index contributed by atoms with van der Waals surface area (Å²) in [6.45, 7) is 1.91. The maximum atomic E-state index is 11.3. The van der Waals surface area contributed by atoms with Crippen molar-refractivity contribution in [1.29, 1.82) is 0 Å². The highest BCUT2D eigenvalue weighted by Gasteiger charge is 2.15. The van der Waals surface area contributed by atoms with Crippen molar-refractivity contribution in [3.05, 3.63) is 52.4 Å². The standard InChI is InChI=1S/C15H13BrN4O/c1-10-14(8-19(2)17-10)15-11(9-21)7-20(18-15)13-5-3-12(16)4-6-13/h3-9H,1-2H3. The molecule has 6 heteroatoms. The number of benzene rings is 1. The number of nitrogens with zero attached hydrogens (tertiary/aromatic N) is 4. The Morgan fingerprint density at radius 2 is 1.86 bits per heavy atom. The first-order chi connectivity index (χ1) is 10.1. The van der Waals surface area contributed by atoms with Gasteiger partial charge in [0.25, 0.3) is 0 Å². The quantitative estimate of drug-likeness (QED) is 0.685. The molecule has 0 N–H and O–H groups in total. The molecule has 0 spiro atoms.